The van der Waals surface area contributed by atoms with Crippen molar-refractivity contribution in [2.24, 2.45) is 0 Å². The van der Waals surface area contributed by atoms with Gasteiger partial charge in [-0.3, -0.25) is 4.98 Å². The number of nitrogen functional groups attached to an aromatic ring is 1. The summed E-state index contributed by atoms with van der Waals surface area (Å²) in [6.07, 6.45) is 4.40. The van der Waals surface area contributed by atoms with E-state index in [9.17, 15) is 4.79 Å². The standard InChI is InChI=1S/C10H12N4O/c1-7(3-2-4-11)5-8-6-13-10(15)14-9(8)12/h5-6H,2-3H2,1H3,(H3,12,13,14,15)/b7-5+. The first-order chi connectivity index (χ1) is 7.13. The van der Waals surface area contributed by atoms with Gasteiger partial charge >= 0.3 is 5.69 Å². The summed E-state index contributed by atoms with van der Waals surface area (Å²) >= 11 is 0. The highest BCUT2D eigenvalue weighted by atomic mass is 16.1. The van der Waals surface area contributed by atoms with E-state index in [-0.39, 0.29) is 0 Å². The number of aromatic nitrogens is 2. The smallest absolute Gasteiger partial charge is 0.346 e. The van der Waals surface area contributed by atoms with Crippen LogP contribution in [0.5, 0.6) is 0 Å². The molecular weight excluding hydrogens is 192 g/mol. The molecule has 0 aliphatic carbocycles. The molecule has 0 aliphatic heterocycles. The second-order valence-electron chi connectivity index (χ2n) is 3.21. The highest BCUT2D eigenvalue weighted by Crippen LogP contribution is 2.12. The third kappa shape index (κ3) is 3.27. The lowest BCUT2D eigenvalue weighted by molar-refractivity contribution is 0.994. The van der Waals surface area contributed by atoms with E-state index in [1.165, 1.54) is 6.20 Å². The van der Waals surface area contributed by atoms with Crippen molar-refractivity contribution in [3.05, 3.63) is 27.8 Å². The number of nitriles is 1. The summed E-state index contributed by atoms with van der Waals surface area (Å²) in [5.41, 5.74) is 6.83. The number of aromatic amines is 1. The number of nitrogens with two attached hydrogens (primary N) is 1. The molecule has 1 rings (SSSR count). The fourth-order valence-corrected chi connectivity index (χ4v) is 1.12. The van der Waals surface area contributed by atoms with Gasteiger partial charge in [0, 0.05) is 18.2 Å². The number of allylic oxidation sites excluding steroid dienone is 1. The largest absolute Gasteiger partial charge is 0.385 e. The molecule has 5 nitrogen and oxygen atoms in total. The van der Waals surface area contributed by atoms with Crippen LogP contribution in [-0.2, 0) is 0 Å². The molecule has 0 bridgehead atoms. The molecule has 0 amide bonds. The number of nitrogens with one attached hydrogen (secondary N) is 1. The van der Waals surface area contributed by atoms with Gasteiger partial charge in [0.25, 0.3) is 0 Å². The first-order valence-corrected chi connectivity index (χ1v) is 4.52. The minimum absolute atomic E-state index is 0.298. The number of nitrogens with zero attached hydrogens (tertiary/aromatic N) is 2. The number of anilines is 1. The third-order valence-electron chi connectivity index (χ3n) is 1.91. The molecule has 5 heteroatoms. The second kappa shape index (κ2) is 4.96. The van der Waals surface area contributed by atoms with Crippen molar-refractivity contribution in [1.29, 1.82) is 5.26 Å². The van der Waals surface area contributed by atoms with Gasteiger partial charge in [-0.25, -0.2) is 9.78 Å². The van der Waals surface area contributed by atoms with E-state index in [4.69, 9.17) is 11.0 Å². The Morgan fingerprint density at radius 2 is 2.53 bits per heavy atom. The van der Waals surface area contributed by atoms with E-state index in [2.05, 4.69) is 16.0 Å². The summed E-state index contributed by atoms with van der Waals surface area (Å²) in [7, 11) is 0. The van der Waals surface area contributed by atoms with E-state index in [0.717, 1.165) is 5.57 Å². The van der Waals surface area contributed by atoms with Gasteiger partial charge in [0.15, 0.2) is 0 Å². The first kappa shape index (κ1) is 11.0. The van der Waals surface area contributed by atoms with Crippen LogP contribution in [0.25, 0.3) is 6.08 Å². The summed E-state index contributed by atoms with van der Waals surface area (Å²) < 4.78 is 0. The zero-order chi connectivity index (χ0) is 11.3. The lowest BCUT2D eigenvalue weighted by Crippen LogP contribution is -2.12. The van der Waals surface area contributed by atoms with Crippen molar-refractivity contribution >= 4 is 11.9 Å². The Morgan fingerprint density at radius 3 is 3.13 bits per heavy atom. The van der Waals surface area contributed by atoms with Crippen molar-refractivity contribution in [2.75, 3.05) is 5.73 Å². The van der Waals surface area contributed by atoms with Crippen LogP contribution in [0.1, 0.15) is 25.3 Å². The van der Waals surface area contributed by atoms with E-state index in [0.29, 0.717) is 24.2 Å². The highest BCUT2D eigenvalue weighted by Gasteiger charge is 1.98. The third-order valence-corrected chi connectivity index (χ3v) is 1.91. The predicted octanol–water partition coefficient (Wildman–Crippen LogP) is 1.06. The van der Waals surface area contributed by atoms with Gasteiger partial charge in [-0.1, -0.05) is 11.6 Å². The summed E-state index contributed by atoms with van der Waals surface area (Å²) in [4.78, 5) is 16.8. The van der Waals surface area contributed by atoms with Crippen LogP contribution >= 0.6 is 0 Å². The molecule has 0 unspecified atom stereocenters. The number of H-pyrrole nitrogens is 1. The Morgan fingerprint density at radius 1 is 1.80 bits per heavy atom. The van der Waals surface area contributed by atoms with Crippen molar-refractivity contribution < 1.29 is 0 Å². The molecule has 0 saturated heterocycles. The molecule has 1 aromatic rings. The Bertz CT molecular complexity index is 467. The molecule has 0 radical (unpaired) electrons. The average Bonchev–Trinajstić information content (AvgIpc) is 2.19. The quantitative estimate of drug-likeness (QED) is 0.769. The Balaban J connectivity index is 2.89. The molecule has 3 N–H and O–H groups in total. The summed E-state index contributed by atoms with van der Waals surface area (Å²) in [5.74, 6) is 0.298. The second-order valence-corrected chi connectivity index (χ2v) is 3.21. The normalized spacial score (nSPS) is 11.1. The summed E-state index contributed by atoms with van der Waals surface area (Å²) in [5, 5.41) is 8.41. The lowest BCUT2D eigenvalue weighted by Gasteiger charge is -2.00. The van der Waals surface area contributed by atoms with Crippen molar-refractivity contribution in [3.63, 3.8) is 0 Å². The summed E-state index contributed by atoms with van der Waals surface area (Å²) in [6, 6.07) is 2.06. The minimum Gasteiger partial charge on any atom is -0.385 e. The average molecular weight is 204 g/mol. The molecule has 0 saturated carbocycles. The summed E-state index contributed by atoms with van der Waals surface area (Å²) in [6.45, 7) is 1.90. The van der Waals surface area contributed by atoms with Gasteiger partial charge in [0.05, 0.1) is 6.07 Å². The maximum atomic E-state index is 10.8. The van der Waals surface area contributed by atoms with Crippen molar-refractivity contribution in [2.45, 2.75) is 19.8 Å². The minimum atomic E-state index is -0.459. The van der Waals surface area contributed by atoms with E-state index < -0.39 is 5.69 Å². The highest BCUT2D eigenvalue weighted by molar-refractivity contribution is 5.61. The molecule has 15 heavy (non-hydrogen) atoms. The molecule has 0 aliphatic rings. The van der Waals surface area contributed by atoms with Crippen LogP contribution in [0.15, 0.2) is 16.6 Å². The van der Waals surface area contributed by atoms with Gasteiger partial charge < -0.3 is 5.73 Å². The first-order valence-electron chi connectivity index (χ1n) is 4.52. The van der Waals surface area contributed by atoms with Crippen LogP contribution in [0.2, 0.25) is 0 Å². The molecule has 1 heterocycles. The molecule has 78 valence electrons. The monoisotopic (exact) mass is 204 g/mol. The molecule has 1 aromatic heterocycles. The van der Waals surface area contributed by atoms with Gasteiger partial charge in [-0.15, -0.1) is 0 Å². The fraction of sp³-hybridized carbons (Fsp3) is 0.300. The van der Waals surface area contributed by atoms with Gasteiger partial charge in [0.1, 0.15) is 5.82 Å². The van der Waals surface area contributed by atoms with Crippen LogP contribution in [0, 0.1) is 11.3 Å². The molecule has 0 spiro atoms. The Hall–Kier alpha value is -2.09. The van der Waals surface area contributed by atoms with Crippen molar-refractivity contribution in [3.8, 4) is 6.07 Å². The molecule has 0 aromatic carbocycles. The van der Waals surface area contributed by atoms with E-state index in [1.807, 2.05) is 13.0 Å². The SMILES string of the molecule is C/C(=C\c1cnc(=O)[nH]c1N)CCC#N. The van der Waals surface area contributed by atoms with Gasteiger partial charge in [0.2, 0.25) is 0 Å². The van der Waals surface area contributed by atoms with Crippen LogP contribution in [0.4, 0.5) is 5.82 Å². The number of hydrogen-bond acceptors (Lipinski definition) is 4. The fourth-order valence-electron chi connectivity index (χ4n) is 1.12. The topological polar surface area (TPSA) is 95.6 Å². The zero-order valence-electron chi connectivity index (χ0n) is 8.45. The zero-order valence-corrected chi connectivity index (χ0v) is 8.45. The van der Waals surface area contributed by atoms with E-state index in [1.54, 1.807) is 0 Å². The molecular formula is C10H12N4O. The number of hydrogen-bond donors (Lipinski definition) is 2. The molecule has 0 fully saturated rings. The molecule has 0 atom stereocenters. The van der Waals surface area contributed by atoms with Crippen LogP contribution in [0.3, 0.4) is 0 Å². The van der Waals surface area contributed by atoms with Gasteiger partial charge in [-0.05, 0) is 13.3 Å². The predicted molar refractivity (Wildman–Crippen MR) is 57.8 cm³/mol. The van der Waals surface area contributed by atoms with Crippen LogP contribution in [-0.4, -0.2) is 9.97 Å². The van der Waals surface area contributed by atoms with Gasteiger partial charge in [-0.2, -0.15) is 5.26 Å². The maximum absolute atomic E-state index is 10.8. The van der Waals surface area contributed by atoms with Crippen molar-refractivity contribution in [1.82, 2.24) is 9.97 Å². The number of rotatable bonds is 3. The lowest BCUT2D eigenvalue weighted by atomic mass is 10.1. The maximum Gasteiger partial charge on any atom is 0.346 e. The Labute approximate surface area is 87.3 Å². The Kier molecular flexibility index (Phi) is 3.63. The van der Waals surface area contributed by atoms with E-state index >= 15 is 0 Å². The van der Waals surface area contributed by atoms with Crippen LogP contribution < -0.4 is 11.4 Å².